The van der Waals surface area contributed by atoms with Crippen molar-refractivity contribution in [2.75, 3.05) is 6.54 Å². The van der Waals surface area contributed by atoms with Crippen molar-refractivity contribution >= 4 is 0 Å². The first-order valence-electron chi connectivity index (χ1n) is 7.25. The van der Waals surface area contributed by atoms with Crippen molar-refractivity contribution in [1.82, 2.24) is 15.1 Å². The second-order valence-corrected chi connectivity index (χ2v) is 5.63. The molecule has 1 aromatic heterocycles. The molecule has 0 atom stereocenters. The molecule has 108 valence electrons. The Hall–Kier alpha value is -1.61. The summed E-state index contributed by atoms with van der Waals surface area (Å²) in [6.45, 7) is 10.5. The van der Waals surface area contributed by atoms with Gasteiger partial charge in [0, 0.05) is 19.3 Å². The summed E-state index contributed by atoms with van der Waals surface area (Å²) in [5.41, 5.74) is 7.88. The van der Waals surface area contributed by atoms with Crippen LogP contribution in [-0.2, 0) is 20.0 Å². The molecule has 1 heterocycles. The van der Waals surface area contributed by atoms with E-state index in [-0.39, 0.29) is 0 Å². The molecular formula is C17H25N3. The van der Waals surface area contributed by atoms with E-state index < -0.39 is 0 Å². The third-order valence-electron chi connectivity index (χ3n) is 4.02. The first-order valence-corrected chi connectivity index (χ1v) is 7.25. The maximum absolute atomic E-state index is 4.46. The molecule has 0 aliphatic rings. The van der Waals surface area contributed by atoms with Crippen LogP contribution in [0.25, 0.3) is 0 Å². The van der Waals surface area contributed by atoms with Gasteiger partial charge in [0.15, 0.2) is 0 Å². The van der Waals surface area contributed by atoms with Crippen molar-refractivity contribution in [3.8, 4) is 0 Å². The molecule has 2 aromatic rings. The maximum atomic E-state index is 4.46. The summed E-state index contributed by atoms with van der Waals surface area (Å²) < 4.78 is 1.97. The smallest absolute Gasteiger partial charge is 0.0628 e. The van der Waals surface area contributed by atoms with E-state index in [1.54, 1.807) is 0 Å². The summed E-state index contributed by atoms with van der Waals surface area (Å²) in [6.07, 6.45) is 1.04. The van der Waals surface area contributed by atoms with Gasteiger partial charge in [-0.05, 0) is 57.4 Å². The van der Waals surface area contributed by atoms with Crippen LogP contribution >= 0.6 is 0 Å². The highest BCUT2D eigenvalue weighted by Gasteiger charge is 2.08. The van der Waals surface area contributed by atoms with Crippen molar-refractivity contribution in [3.63, 3.8) is 0 Å². The molecule has 0 unspecified atom stereocenters. The molecule has 0 bridgehead atoms. The summed E-state index contributed by atoms with van der Waals surface area (Å²) in [5, 5.41) is 8.00. The van der Waals surface area contributed by atoms with Crippen LogP contribution in [0.2, 0.25) is 0 Å². The number of nitrogens with one attached hydrogen (secondary N) is 1. The van der Waals surface area contributed by atoms with Crippen LogP contribution in [0, 0.1) is 27.7 Å². The van der Waals surface area contributed by atoms with Gasteiger partial charge in [0.25, 0.3) is 0 Å². The summed E-state index contributed by atoms with van der Waals surface area (Å²) in [7, 11) is 2.01. The Kier molecular flexibility index (Phi) is 4.61. The molecule has 1 aromatic carbocycles. The van der Waals surface area contributed by atoms with Crippen molar-refractivity contribution in [2.45, 2.75) is 40.7 Å². The van der Waals surface area contributed by atoms with Crippen LogP contribution in [0.3, 0.4) is 0 Å². The highest BCUT2D eigenvalue weighted by Crippen LogP contribution is 2.13. The topological polar surface area (TPSA) is 29.9 Å². The van der Waals surface area contributed by atoms with Crippen LogP contribution in [0.4, 0.5) is 0 Å². The molecule has 0 radical (unpaired) electrons. The lowest BCUT2D eigenvalue weighted by atomic mass is 10.1. The fraction of sp³-hybridized carbons (Fsp3) is 0.471. The van der Waals surface area contributed by atoms with Gasteiger partial charge in [0.1, 0.15) is 0 Å². The lowest BCUT2D eigenvalue weighted by Gasteiger charge is -2.09. The molecule has 3 heteroatoms. The first kappa shape index (κ1) is 14.8. The Bertz CT molecular complexity index is 597. The molecule has 20 heavy (non-hydrogen) atoms. The van der Waals surface area contributed by atoms with Crippen molar-refractivity contribution < 1.29 is 0 Å². The maximum Gasteiger partial charge on any atom is 0.0628 e. The van der Waals surface area contributed by atoms with E-state index in [1.165, 1.54) is 27.9 Å². The quantitative estimate of drug-likeness (QED) is 0.847. The summed E-state index contributed by atoms with van der Waals surface area (Å²) in [4.78, 5) is 0. The average molecular weight is 271 g/mol. The lowest BCUT2D eigenvalue weighted by molar-refractivity contribution is 0.680. The predicted molar refractivity (Wildman–Crippen MR) is 84.0 cm³/mol. The number of hydrogen-bond donors (Lipinski definition) is 1. The molecule has 0 aliphatic heterocycles. The molecule has 0 fully saturated rings. The molecular weight excluding hydrogens is 246 g/mol. The summed E-state index contributed by atoms with van der Waals surface area (Å²) >= 11 is 0. The van der Waals surface area contributed by atoms with E-state index in [4.69, 9.17) is 0 Å². The monoisotopic (exact) mass is 271 g/mol. The van der Waals surface area contributed by atoms with E-state index in [9.17, 15) is 0 Å². The van der Waals surface area contributed by atoms with Gasteiger partial charge in [0.2, 0.25) is 0 Å². The van der Waals surface area contributed by atoms with E-state index in [2.05, 4.69) is 56.3 Å². The van der Waals surface area contributed by atoms with Gasteiger partial charge in [0.05, 0.1) is 5.69 Å². The highest BCUT2D eigenvalue weighted by atomic mass is 15.3. The Morgan fingerprint density at radius 2 is 1.90 bits per heavy atom. The second-order valence-electron chi connectivity index (χ2n) is 5.63. The molecule has 0 saturated heterocycles. The van der Waals surface area contributed by atoms with Crippen LogP contribution in [0.1, 0.15) is 33.6 Å². The standard InChI is InChI=1S/C17H25N3/c1-12-6-7-16(13(2)10-12)11-18-9-8-17-14(3)19-20(5)15(17)4/h6-7,10,18H,8-9,11H2,1-5H3. The normalized spacial score (nSPS) is 11.1. The van der Waals surface area contributed by atoms with Gasteiger partial charge in [-0.15, -0.1) is 0 Å². The second kappa shape index (κ2) is 6.23. The number of rotatable bonds is 5. The van der Waals surface area contributed by atoms with Gasteiger partial charge >= 0.3 is 0 Å². The highest BCUT2D eigenvalue weighted by molar-refractivity contribution is 5.30. The fourth-order valence-electron chi connectivity index (χ4n) is 2.66. The van der Waals surface area contributed by atoms with Gasteiger partial charge in [-0.1, -0.05) is 23.8 Å². The van der Waals surface area contributed by atoms with Crippen molar-refractivity contribution in [2.24, 2.45) is 7.05 Å². The third kappa shape index (κ3) is 3.28. The van der Waals surface area contributed by atoms with E-state index in [0.29, 0.717) is 0 Å². The average Bonchev–Trinajstić information content (AvgIpc) is 2.62. The van der Waals surface area contributed by atoms with Crippen molar-refractivity contribution in [3.05, 3.63) is 51.8 Å². The Balaban J connectivity index is 1.87. The van der Waals surface area contributed by atoms with E-state index in [0.717, 1.165) is 25.2 Å². The van der Waals surface area contributed by atoms with Gasteiger partial charge in [-0.25, -0.2) is 0 Å². The molecule has 2 rings (SSSR count). The van der Waals surface area contributed by atoms with E-state index >= 15 is 0 Å². The molecule has 3 nitrogen and oxygen atoms in total. The van der Waals surface area contributed by atoms with Crippen LogP contribution in [0.5, 0.6) is 0 Å². The minimum absolute atomic E-state index is 0.935. The van der Waals surface area contributed by atoms with Crippen LogP contribution < -0.4 is 5.32 Å². The zero-order valence-electron chi connectivity index (χ0n) is 13.2. The fourth-order valence-corrected chi connectivity index (χ4v) is 2.66. The van der Waals surface area contributed by atoms with Crippen LogP contribution in [0.15, 0.2) is 18.2 Å². The number of benzene rings is 1. The van der Waals surface area contributed by atoms with E-state index in [1.807, 2.05) is 11.7 Å². The first-order chi connectivity index (χ1) is 9.49. The predicted octanol–water partition coefficient (Wildman–Crippen LogP) is 2.99. The zero-order chi connectivity index (χ0) is 14.7. The molecule has 0 spiro atoms. The van der Waals surface area contributed by atoms with Gasteiger partial charge in [-0.3, -0.25) is 4.68 Å². The molecule has 1 N–H and O–H groups in total. The van der Waals surface area contributed by atoms with Gasteiger partial charge in [-0.2, -0.15) is 5.10 Å². The lowest BCUT2D eigenvalue weighted by Crippen LogP contribution is -2.17. The Labute approximate surface area is 122 Å². The Morgan fingerprint density at radius 1 is 1.15 bits per heavy atom. The number of aromatic nitrogens is 2. The van der Waals surface area contributed by atoms with Crippen molar-refractivity contribution in [1.29, 1.82) is 0 Å². The van der Waals surface area contributed by atoms with Crippen LogP contribution in [-0.4, -0.2) is 16.3 Å². The SMILES string of the molecule is Cc1ccc(CNCCc2c(C)nn(C)c2C)c(C)c1. The largest absolute Gasteiger partial charge is 0.312 e. The minimum atomic E-state index is 0.935. The Morgan fingerprint density at radius 3 is 2.50 bits per heavy atom. The van der Waals surface area contributed by atoms with Gasteiger partial charge < -0.3 is 5.32 Å². The summed E-state index contributed by atoms with van der Waals surface area (Å²) in [5.74, 6) is 0. The number of aryl methyl sites for hydroxylation is 4. The zero-order valence-corrected chi connectivity index (χ0v) is 13.2. The third-order valence-corrected chi connectivity index (χ3v) is 4.02. The molecule has 0 aliphatic carbocycles. The summed E-state index contributed by atoms with van der Waals surface area (Å²) in [6, 6.07) is 6.64. The number of hydrogen-bond acceptors (Lipinski definition) is 2. The molecule has 0 saturated carbocycles. The minimum Gasteiger partial charge on any atom is -0.312 e. The molecule has 0 amide bonds. The number of nitrogens with zero attached hydrogens (tertiary/aromatic N) is 2.